The van der Waals surface area contributed by atoms with Gasteiger partial charge >= 0.3 is 0 Å². The number of rotatable bonds is 1. The molecule has 1 saturated heterocycles. The average molecular weight is 205 g/mol. The fourth-order valence-corrected chi connectivity index (χ4v) is 1.77. The zero-order chi connectivity index (χ0) is 10.8. The van der Waals surface area contributed by atoms with Crippen molar-refractivity contribution in [3.05, 3.63) is 23.8 Å². The van der Waals surface area contributed by atoms with Crippen LogP contribution in [0.1, 0.15) is 12.8 Å². The van der Waals surface area contributed by atoms with Crippen LogP contribution in [0.4, 0.5) is 0 Å². The molecule has 1 aliphatic heterocycles. The molecule has 2 aliphatic rings. The minimum atomic E-state index is -0.369. The zero-order valence-corrected chi connectivity index (χ0v) is 8.23. The van der Waals surface area contributed by atoms with E-state index in [1.54, 1.807) is 4.90 Å². The van der Waals surface area contributed by atoms with Gasteiger partial charge in [0, 0.05) is 19.2 Å². The highest BCUT2D eigenvalue weighted by Crippen LogP contribution is 2.14. The zero-order valence-electron chi connectivity index (χ0n) is 8.23. The lowest BCUT2D eigenvalue weighted by Gasteiger charge is -2.16. The van der Waals surface area contributed by atoms with Crippen LogP contribution >= 0.6 is 0 Å². The van der Waals surface area contributed by atoms with Crippen LogP contribution in [-0.4, -0.2) is 35.5 Å². The molecule has 2 rings (SSSR count). The van der Waals surface area contributed by atoms with Gasteiger partial charge in [0.25, 0.3) is 5.91 Å². The van der Waals surface area contributed by atoms with Crippen molar-refractivity contribution in [2.24, 2.45) is 0 Å². The Labute approximate surface area is 87.2 Å². The van der Waals surface area contributed by atoms with Crippen LogP contribution in [-0.2, 0) is 14.4 Å². The molecule has 4 heteroatoms. The van der Waals surface area contributed by atoms with Gasteiger partial charge in [-0.25, -0.2) is 0 Å². The standard InChI is InChI=1S/C11H11NO3/c13-8-3-4-10(14)9(7-8)11(15)12-5-1-2-6-12/h3-4,7H,1-2,5-6H2. The van der Waals surface area contributed by atoms with E-state index in [1.165, 1.54) is 6.08 Å². The third-order valence-electron chi connectivity index (χ3n) is 2.57. The van der Waals surface area contributed by atoms with E-state index in [-0.39, 0.29) is 23.0 Å². The van der Waals surface area contributed by atoms with Gasteiger partial charge in [-0.1, -0.05) is 0 Å². The summed E-state index contributed by atoms with van der Waals surface area (Å²) in [5.74, 6) is -0.973. The molecule has 0 aromatic rings. The molecule has 15 heavy (non-hydrogen) atoms. The molecule has 4 nitrogen and oxygen atoms in total. The molecule has 0 radical (unpaired) electrons. The maximum Gasteiger partial charge on any atom is 0.257 e. The number of amides is 1. The Morgan fingerprint density at radius 3 is 2.47 bits per heavy atom. The van der Waals surface area contributed by atoms with Crippen LogP contribution in [0.15, 0.2) is 23.8 Å². The molecule has 0 unspecified atom stereocenters. The highest BCUT2D eigenvalue weighted by Gasteiger charge is 2.26. The Balaban J connectivity index is 2.19. The second-order valence-corrected chi connectivity index (χ2v) is 3.66. The first-order valence-corrected chi connectivity index (χ1v) is 4.96. The summed E-state index contributed by atoms with van der Waals surface area (Å²) in [5, 5.41) is 0. The molecule has 1 aliphatic carbocycles. The molecule has 0 aromatic carbocycles. The number of hydrogen-bond acceptors (Lipinski definition) is 3. The largest absolute Gasteiger partial charge is 0.339 e. The van der Waals surface area contributed by atoms with Crippen molar-refractivity contribution < 1.29 is 14.4 Å². The van der Waals surface area contributed by atoms with E-state index >= 15 is 0 Å². The van der Waals surface area contributed by atoms with Gasteiger partial charge in [-0.2, -0.15) is 0 Å². The lowest BCUT2D eigenvalue weighted by molar-refractivity contribution is -0.128. The highest BCUT2D eigenvalue weighted by molar-refractivity contribution is 6.30. The average Bonchev–Trinajstić information content (AvgIpc) is 2.74. The van der Waals surface area contributed by atoms with E-state index < -0.39 is 0 Å². The quantitative estimate of drug-likeness (QED) is 0.455. The summed E-state index contributed by atoms with van der Waals surface area (Å²) < 4.78 is 0. The minimum absolute atomic E-state index is 0.00407. The van der Waals surface area contributed by atoms with Gasteiger partial charge < -0.3 is 4.90 Å². The third-order valence-corrected chi connectivity index (χ3v) is 2.57. The van der Waals surface area contributed by atoms with Crippen molar-refractivity contribution in [3.8, 4) is 0 Å². The molecular weight excluding hydrogens is 194 g/mol. The number of carbonyl (C=O) groups excluding carboxylic acids is 3. The van der Waals surface area contributed by atoms with Gasteiger partial charge in [0.15, 0.2) is 11.6 Å². The van der Waals surface area contributed by atoms with Crippen molar-refractivity contribution in [2.45, 2.75) is 12.8 Å². The Morgan fingerprint density at radius 1 is 1.13 bits per heavy atom. The molecule has 1 amide bonds. The van der Waals surface area contributed by atoms with E-state index in [1.807, 2.05) is 0 Å². The van der Waals surface area contributed by atoms with Crippen molar-refractivity contribution in [1.29, 1.82) is 0 Å². The highest BCUT2D eigenvalue weighted by atomic mass is 16.2. The number of ketones is 2. The smallest absolute Gasteiger partial charge is 0.257 e. The monoisotopic (exact) mass is 205 g/mol. The Morgan fingerprint density at radius 2 is 1.80 bits per heavy atom. The summed E-state index contributed by atoms with van der Waals surface area (Å²) in [7, 11) is 0. The molecule has 0 atom stereocenters. The van der Waals surface area contributed by atoms with Crippen LogP contribution in [0.25, 0.3) is 0 Å². The van der Waals surface area contributed by atoms with Crippen LogP contribution in [0.3, 0.4) is 0 Å². The molecule has 78 valence electrons. The molecule has 0 saturated carbocycles. The molecule has 1 fully saturated rings. The first-order chi connectivity index (χ1) is 7.18. The maximum absolute atomic E-state index is 11.8. The summed E-state index contributed by atoms with van der Waals surface area (Å²) in [6.07, 6.45) is 5.41. The van der Waals surface area contributed by atoms with E-state index in [9.17, 15) is 14.4 Å². The minimum Gasteiger partial charge on any atom is -0.339 e. The number of carbonyl (C=O) groups is 3. The van der Waals surface area contributed by atoms with Crippen molar-refractivity contribution in [2.75, 3.05) is 13.1 Å². The predicted octanol–water partition coefficient (Wildman–Crippen LogP) is 0.243. The molecule has 0 bridgehead atoms. The normalized spacial score (nSPS) is 20.8. The van der Waals surface area contributed by atoms with E-state index in [4.69, 9.17) is 0 Å². The predicted molar refractivity (Wildman–Crippen MR) is 53.1 cm³/mol. The lowest BCUT2D eigenvalue weighted by atomic mass is 10.0. The van der Waals surface area contributed by atoms with Crippen LogP contribution in [0, 0.1) is 0 Å². The Kier molecular flexibility index (Phi) is 2.49. The molecule has 0 spiro atoms. The number of allylic oxidation sites excluding steroid dienone is 3. The Hall–Kier alpha value is -1.71. The second kappa shape index (κ2) is 3.81. The summed E-state index contributed by atoms with van der Waals surface area (Å²) >= 11 is 0. The van der Waals surface area contributed by atoms with Crippen molar-refractivity contribution in [3.63, 3.8) is 0 Å². The van der Waals surface area contributed by atoms with Gasteiger partial charge in [0.1, 0.15) is 0 Å². The van der Waals surface area contributed by atoms with E-state index in [2.05, 4.69) is 0 Å². The Bertz CT molecular complexity index is 387. The summed E-state index contributed by atoms with van der Waals surface area (Å²) in [6, 6.07) is 0. The van der Waals surface area contributed by atoms with Gasteiger partial charge in [0.2, 0.25) is 0 Å². The summed E-state index contributed by atoms with van der Waals surface area (Å²) in [5.41, 5.74) is 0.00407. The van der Waals surface area contributed by atoms with Crippen molar-refractivity contribution in [1.82, 2.24) is 4.90 Å². The molecule has 0 N–H and O–H groups in total. The van der Waals surface area contributed by atoms with Crippen molar-refractivity contribution >= 4 is 17.5 Å². The second-order valence-electron chi connectivity index (χ2n) is 3.66. The first-order valence-electron chi connectivity index (χ1n) is 4.96. The SMILES string of the molecule is O=C1C=CC(=O)C(C(=O)N2CCCC2)=C1. The fraction of sp³-hybridized carbons (Fsp3) is 0.364. The number of likely N-dealkylation sites (tertiary alicyclic amines) is 1. The summed E-state index contributed by atoms with van der Waals surface area (Å²) in [6.45, 7) is 1.36. The van der Waals surface area contributed by atoms with Crippen LogP contribution in [0.5, 0.6) is 0 Å². The first kappa shape index (κ1) is 9.83. The lowest BCUT2D eigenvalue weighted by Crippen LogP contribution is -2.32. The third kappa shape index (κ3) is 1.88. The molecular formula is C11H11NO3. The van der Waals surface area contributed by atoms with Crippen LogP contribution < -0.4 is 0 Å². The van der Waals surface area contributed by atoms with Gasteiger partial charge in [-0.05, 0) is 25.0 Å². The van der Waals surface area contributed by atoms with E-state index in [0.717, 1.165) is 25.0 Å². The maximum atomic E-state index is 11.8. The van der Waals surface area contributed by atoms with Gasteiger partial charge in [-0.3, -0.25) is 14.4 Å². The van der Waals surface area contributed by atoms with E-state index in [0.29, 0.717) is 13.1 Å². The number of nitrogens with zero attached hydrogens (tertiary/aromatic N) is 1. The van der Waals surface area contributed by atoms with Crippen LogP contribution in [0.2, 0.25) is 0 Å². The number of hydrogen-bond donors (Lipinski definition) is 0. The topological polar surface area (TPSA) is 54.5 Å². The van der Waals surface area contributed by atoms with Gasteiger partial charge in [0.05, 0.1) is 5.57 Å². The molecule has 1 heterocycles. The summed E-state index contributed by atoms with van der Waals surface area (Å²) in [4.78, 5) is 35.9. The molecule has 0 aromatic heterocycles. The van der Waals surface area contributed by atoms with Gasteiger partial charge in [-0.15, -0.1) is 0 Å². The fourth-order valence-electron chi connectivity index (χ4n) is 1.77.